The van der Waals surface area contributed by atoms with E-state index in [1.807, 2.05) is 0 Å². The van der Waals surface area contributed by atoms with Crippen LogP contribution >= 0.6 is 11.3 Å². The van der Waals surface area contributed by atoms with Gasteiger partial charge in [-0.15, -0.1) is 11.3 Å². The Morgan fingerprint density at radius 1 is 1.16 bits per heavy atom. The van der Waals surface area contributed by atoms with Crippen LogP contribution in [0.2, 0.25) is 0 Å². The highest BCUT2D eigenvalue weighted by Gasteiger charge is 2.06. The molecule has 1 heterocycles. The van der Waals surface area contributed by atoms with E-state index in [0.29, 0.717) is 19.8 Å². The molecule has 0 aliphatic heterocycles. The van der Waals surface area contributed by atoms with Gasteiger partial charge in [-0.05, 0) is 30.0 Å². The SMILES string of the molecule is CN=C(NCc1cccs1)NCc1ccc(C)cc1OCCCOC. The van der Waals surface area contributed by atoms with Gasteiger partial charge >= 0.3 is 0 Å². The highest BCUT2D eigenvalue weighted by atomic mass is 32.1. The molecule has 0 bridgehead atoms. The van der Waals surface area contributed by atoms with Crippen molar-refractivity contribution in [2.45, 2.75) is 26.4 Å². The summed E-state index contributed by atoms with van der Waals surface area (Å²) in [5, 5.41) is 8.75. The minimum Gasteiger partial charge on any atom is -0.493 e. The third-order valence-electron chi connectivity index (χ3n) is 3.65. The Balaban J connectivity index is 1.89. The average Bonchev–Trinajstić information content (AvgIpc) is 3.14. The molecule has 0 unspecified atom stereocenters. The summed E-state index contributed by atoms with van der Waals surface area (Å²) >= 11 is 1.73. The Labute approximate surface area is 154 Å². The van der Waals surface area contributed by atoms with Crippen LogP contribution < -0.4 is 15.4 Å². The van der Waals surface area contributed by atoms with Gasteiger partial charge in [0.25, 0.3) is 0 Å². The number of hydrogen-bond donors (Lipinski definition) is 2. The first-order valence-corrected chi connectivity index (χ1v) is 9.29. The molecule has 0 aliphatic rings. The summed E-state index contributed by atoms with van der Waals surface area (Å²) in [6, 6.07) is 10.4. The molecule has 0 atom stereocenters. The van der Waals surface area contributed by atoms with Crippen LogP contribution in [-0.4, -0.2) is 33.3 Å². The topological polar surface area (TPSA) is 54.9 Å². The van der Waals surface area contributed by atoms with Gasteiger partial charge in [0.1, 0.15) is 5.75 Å². The Bertz CT molecular complexity index is 657. The molecule has 2 rings (SSSR count). The first-order valence-electron chi connectivity index (χ1n) is 8.41. The predicted octanol–water partition coefficient (Wildman–Crippen LogP) is 3.34. The summed E-state index contributed by atoms with van der Waals surface area (Å²) < 4.78 is 11.0. The van der Waals surface area contributed by atoms with Gasteiger partial charge in [0.15, 0.2) is 5.96 Å². The molecule has 0 radical (unpaired) electrons. The lowest BCUT2D eigenvalue weighted by molar-refractivity contribution is 0.172. The van der Waals surface area contributed by atoms with E-state index in [2.05, 4.69) is 58.3 Å². The molecule has 1 aromatic heterocycles. The van der Waals surface area contributed by atoms with E-state index in [0.717, 1.165) is 30.2 Å². The van der Waals surface area contributed by atoms with Crippen molar-refractivity contribution >= 4 is 17.3 Å². The van der Waals surface area contributed by atoms with Crippen LogP contribution in [0, 0.1) is 6.92 Å². The number of aliphatic imine (C=N–C) groups is 1. The minimum atomic E-state index is 0.648. The maximum Gasteiger partial charge on any atom is 0.191 e. The predicted molar refractivity (Wildman–Crippen MR) is 105 cm³/mol. The zero-order valence-electron chi connectivity index (χ0n) is 15.2. The molecule has 1 aromatic carbocycles. The third kappa shape index (κ3) is 6.76. The molecule has 136 valence electrons. The van der Waals surface area contributed by atoms with Crippen molar-refractivity contribution in [3.63, 3.8) is 0 Å². The van der Waals surface area contributed by atoms with Crippen LogP contribution in [0.15, 0.2) is 40.7 Å². The van der Waals surface area contributed by atoms with E-state index < -0.39 is 0 Å². The lowest BCUT2D eigenvalue weighted by atomic mass is 10.1. The van der Waals surface area contributed by atoms with Crippen LogP contribution in [0.25, 0.3) is 0 Å². The molecule has 0 fully saturated rings. The lowest BCUT2D eigenvalue weighted by Crippen LogP contribution is -2.36. The molecule has 2 N–H and O–H groups in total. The monoisotopic (exact) mass is 361 g/mol. The summed E-state index contributed by atoms with van der Waals surface area (Å²) in [7, 11) is 3.48. The van der Waals surface area contributed by atoms with E-state index in [1.54, 1.807) is 25.5 Å². The molecule has 6 heteroatoms. The number of thiophene rings is 1. The number of benzene rings is 1. The molecule has 0 amide bonds. The lowest BCUT2D eigenvalue weighted by Gasteiger charge is -2.15. The summed E-state index contributed by atoms with van der Waals surface area (Å²) in [5.74, 6) is 1.69. The van der Waals surface area contributed by atoms with Crippen molar-refractivity contribution < 1.29 is 9.47 Å². The number of nitrogens with zero attached hydrogens (tertiary/aromatic N) is 1. The largest absolute Gasteiger partial charge is 0.493 e. The smallest absolute Gasteiger partial charge is 0.191 e. The van der Waals surface area contributed by atoms with Gasteiger partial charge in [0.2, 0.25) is 0 Å². The van der Waals surface area contributed by atoms with Crippen molar-refractivity contribution in [1.29, 1.82) is 0 Å². The summed E-state index contributed by atoms with van der Waals surface area (Å²) in [6.07, 6.45) is 0.876. The molecular formula is C19H27N3O2S. The first kappa shape index (κ1) is 19.3. The van der Waals surface area contributed by atoms with E-state index in [-0.39, 0.29) is 0 Å². The fourth-order valence-electron chi connectivity index (χ4n) is 2.31. The quantitative estimate of drug-likeness (QED) is 0.409. The number of guanidine groups is 1. The summed E-state index contributed by atoms with van der Waals surface area (Å²) in [4.78, 5) is 5.56. The van der Waals surface area contributed by atoms with Gasteiger partial charge in [0, 0.05) is 44.2 Å². The van der Waals surface area contributed by atoms with Crippen molar-refractivity contribution in [3.8, 4) is 5.75 Å². The molecule has 0 spiro atoms. The molecule has 0 saturated carbocycles. The van der Waals surface area contributed by atoms with E-state index >= 15 is 0 Å². The van der Waals surface area contributed by atoms with Crippen LogP contribution in [0.1, 0.15) is 22.4 Å². The van der Waals surface area contributed by atoms with Gasteiger partial charge in [0.05, 0.1) is 13.2 Å². The van der Waals surface area contributed by atoms with Crippen molar-refractivity contribution in [2.75, 3.05) is 27.4 Å². The number of hydrogen-bond acceptors (Lipinski definition) is 4. The van der Waals surface area contributed by atoms with Crippen LogP contribution in [-0.2, 0) is 17.8 Å². The summed E-state index contributed by atoms with van der Waals surface area (Å²) in [5.41, 5.74) is 2.30. The fraction of sp³-hybridized carbons (Fsp3) is 0.421. The number of aryl methyl sites for hydroxylation is 1. The molecule has 0 saturated heterocycles. The highest BCUT2D eigenvalue weighted by molar-refractivity contribution is 7.09. The maximum atomic E-state index is 5.93. The van der Waals surface area contributed by atoms with E-state index in [4.69, 9.17) is 9.47 Å². The average molecular weight is 362 g/mol. The second kappa shape index (κ2) is 10.7. The zero-order valence-corrected chi connectivity index (χ0v) is 16.0. The van der Waals surface area contributed by atoms with Gasteiger partial charge in [-0.25, -0.2) is 0 Å². The van der Waals surface area contributed by atoms with Crippen molar-refractivity contribution in [1.82, 2.24) is 10.6 Å². The van der Waals surface area contributed by atoms with Gasteiger partial charge in [-0.1, -0.05) is 18.2 Å². The molecule has 25 heavy (non-hydrogen) atoms. The molecule has 5 nitrogen and oxygen atoms in total. The van der Waals surface area contributed by atoms with Crippen LogP contribution in [0.5, 0.6) is 5.75 Å². The van der Waals surface area contributed by atoms with Crippen LogP contribution in [0.3, 0.4) is 0 Å². The molecule has 0 aliphatic carbocycles. The Morgan fingerprint density at radius 2 is 2.00 bits per heavy atom. The van der Waals surface area contributed by atoms with Gasteiger partial charge < -0.3 is 20.1 Å². The van der Waals surface area contributed by atoms with E-state index in [9.17, 15) is 0 Å². The Kier molecular flexibility index (Phi) is 8.28. The van der Waals surface area contributed by atoms with E-state index in [1.165, 1.54) is 10.4 Å². The zero-order chi connectivity index (χ0) is 17.9. The first-order chi connectivity index (χ1) is 12.2. The minimum absolute atomic E-state index is 0.648. The highest BCUT2D eigenvalue weighted by Crippen LogP contribution is 2.20. The number of rotatable bonds is 9. The summed E-state index contributed by atoms with van der Waals surface area (Å²) in [6.45, 7) is 4.85. The van der Waals surface area contributed by atoms with Crippen LogP contribution in [0.4, 0.5) is 0 Å². The second-order valence-electron chi connectivity index (χ2n) is 5.66. The Hall–Kier alpha value is -2.05. The maximum absolute atomic E-state index is 5.93. The number of methoxy groups -OCH3 is 1. The Morgan fingerprint density at radius 3 is 2.72 bits per heavy atom. The third-order valence-corrected chi connectivity index (χ3v) is 4.53. The number of nitrogens with one attached hydrogen (secondary N) is 2. The van der Waals surface area contributed by atoms with Crippen molar-refractivity contribution in [3.05, 3.63) is 51.7 Å². The molecule has 2 aromatic rings. The second-order valence-corrected chi connectivity index (χ2v) is 6.70. The fourth-order valence-corrected chi connectivity index (χ4v) is 2.96. The molecular weight excluding hydrogens is 334 g/mol. The number of ether oxygens (including phenoxy) is 2. The van der Waals surface area contributed by atoms with Crippen molar-refractivity contribution in [2.24, 2.45) is 4.99 Å². The standard InChI is InChI=1S/C19H27N3O2S/c1-15-7-8-16(18(12-15)24-10-5-9-23-3)13-21-19(20-2)22-14-17-6-4-11-25-17/h4,6-8,11-12H,5,9-10,13-14H2,1-3H3,(H2,20,21,22). The van der Waals surface area contributed by atoms with Gasteiger partial charge in [-0.3, -0.25) is 4.99 Å². The normalized spacial score (nSPS) is 11.4. The van der Waals surface area contributed by atoms with Gasteiger partial charge in [-0.2, -0.15) is 0 Å².